The molecule has 1 aliphatic heterocycles. The van der Waals surface area contributed by atoms with Gasteiger partial charge in [-0.1, -0.05) is 39.0 Å². The van der Waals surface area contributed by atoms with E-state index in [1.54, 1.807) is 69.3 Å². The Labute approximate surface area is 301 Å². The number of carbonyl (C=O) groups is 6. The lowest BCUT2D eigenvalue weighted by Crippen LogP contribution is -2.43. The number of esters is 5. The van der Waals surface area contributed by atoms with Gasteiger partial charge in [-0.05, 0) is 55.2 Å². The Morgan fingerprint density at radius 1 is 0.827 bits per heavy atom. The first-order chi connectivity index (χ1) is 24.6. The van der Waals surface area contributed by atoms with Gasteiger partial charge in [0.05, 0.1) is 23.7 Å². The Hall–Kier alpha value is -4.91. The molecule has 13 heteroatoms. The monoisotopic (exact) mass is 717 g/mol. The number of fused-ring (bicyclic) bond motifs is 1. The van der Waals surface area contributed by atoms with E-state index in [0.717, 1.165) is 0 Å². The number of hydrogen-bond acceptors (Lipinski definition) is 13. The molecule has 11 unspecified atom stereocenters. The highest BCUT2D eigenvalue weighted by Crippen LogP contribution is 2.69. The molecular weight excluding hydrogens is 674 g/mol. The quantitative estimate of drug-likeness (QED) is 0.164. The normalized spacial score (nSPS) is 35.9. The molecule has 3 aliphatic carbocycles. The summed E-state index contributed by atoms with van der Waals surface area (Å²) in [6, 6.07) is 11.4. The van der Waals surface area contributed by atoms with Gasteiger partial charge in [-0.2, -0.15) is 0 Å². The second-order valence-electron chi connectivity index (χ2n) is 14.7. The van der Waals surface area contributed by atoms with Crippen LogP contribution in [-0.2, 0) is 47.6 Å². The van der Waals surface area contributed by atoms with E-state index in [4.69, 9.17) is 28.4 Å². The Kier molecular flexibility index (Phi) is 9.62. The fraction of sp³-hybridized carbons (Fsp3) is 0.513. The summed E-state index contributed by atoms with van der Waals surface area (Å²) in [5, 5.41) is 0. The molecule has 0 bridgehead atoms. The van der Waals surface area contributed by atoms with Crippen molar-refractivity contribution < 1.29 is 57.2 Å². The number of rotatable bonds is 8. The van der Waals surface area contributed by atoms with Crippen LogP contribution in [0.15, 0.2) is 66.5 Å². The second kappa shape index (κ2) is 13.6. The van der Waals surface area contributed by atoms with Crippen molar-refractivity contribution in [3.05, 3.63) is 77.6 Å². The van der Waals surface area contributed by atoms with Gasteiger partial charge in [0.25, 0.3) is 0 Å². The lowest BCUT2D eigenvalue weighted by molar-refractivity contribution is -0.155. The van der Waals surface area contributed by atoms with E-state index in [0.29, 0.717) is 5.57 Å². The molecule has 0 radical (unpaired) electrons. The van der Waals surface area contributed by atoms with Crippen molar-refractivity contribution in [3.63, 3.8) is 0 Å². The molecule has 1 aromatic heterocycles. The van der Waals surface area contributed by atoms with Crippen LogP contribution in [0.2, 0.25) is 0 Å². The van der Waals surface area contributed by atoms with Crippen LogP contribution in [-0.4, -0.2) is 82.8 Å². The number of nitrogens with zero attached hydrogens (tertiary/aromatic N) is 1. The summed E-state index contributed by atoms with van der Waals surface area (Å²) in [6.07, 6.45) is 0.242. The van der Waals surface area contributed by atoms with Gasteiger partial charge >= 0.3 is 29.8 Å². The van der Waals surface area contributed by atoms with Crippen molar-refractivity contribution in [2.24, 2.45) is 29.1 Å². The summed E-state index contributed by atoms with van der Waals surface area (Å²) in [7, 11) is 0. The molecule has 1 saturated heterocycles. The maximum atomic E-state index is 14.8. The van der Waals surface area contributed by atoms with Gasteiger partial charge in [0.2, 0.25) is 0 Å². The van der Waals surface area contributed by atoms with Gasteiger partial charge < -0.3 is 28.4 Å². The van der Waals surface area contributed by atoms with Crippen molar-refractivity contribution in [1.82, 2.24) is 4.98 Å². The van der Waals surface area contributed by atoms with Gasteiger partial charge in [0, 0.05) is 50.4 Å². The summed E-state index contributed by atoms with van der Waals surface area (Å²) in [5.41, 5.74) is -3.16. The van der Waals surface area contributed by atoms with E-state index in [9.17, 15) is 28.8 Å². The zero-order valence-corrected chi connectivity index (χ0v) is 30.2. The number of ether oxygens (including phenoxy) is 6. The molecule has 0 spiro atoms. The topological polar surface area (TPSA) is 174 Å². The van der Waals surface area contributed by atoms with E-state index in [1.807, 2.05) is 6.92 Å². The number of hydrogen-bond donors (Lipinski definition) is 0. The number of aromatic nitrogens is 1. The van der Waals surface area contributed by atoms with Gasteiger partial charge in [-0.15, -0.1) is 0 Å². The minimum atomic E-state index is -1.46. The van der Waals surface area contributed by atoms with Crippen LogP contribution in [0.3, 0.4) is 0 Å². The Morgan fingerprint density at radius 2 is 1.46 bits per heavy atom. The van der Waals surface area contributed by atoms with Crippen molar-refractivity contribution in [2.75, 3.05) is 6.61 Å². The molecule has 13 nitrogen and oxygen atoms in total. The number of pyridine rings is 1. The predicted octanol–water partition coefficient (Wildman–Crippen LogP) is 4.22. The number of Topliss-reactive ketones (excluding diaryl/α,β-unsaturated/α-hetero) is 1. The smallest absolute Gasteiger partial charge is 0.339 e. The first-order valence-electron chi connectivity index (χ1n) is 17.3. The van der Waals surface area contributed by atoms with E-state index in [1.165, 1.54) is 33.2 Å². The third-order valence-electron chi connectivity index (χ3n) is 11.0. The molecule has 0 N–H and O–H groups in total. The zero-order chi connectivity index (χ0) is 37.7. The second-order valence-corrected chi connectivity index (χ2v) is 14.7. The molecule has 3 fully saturated rings. The van der Waals surface area contributed by atoms with Crippen LogP contribution >= 0.6 is 0 Å². The molecule has 11 atom stereocenters. The van der Waals surface area contributed by atoms with E-state index >= 15 is 0 Å². The van der Waals surface area contributed by atoms with Crippen LogP contribution in [0.5, 0.6) is 0 Å². The van der Waals surface area contributed by atoms with Gasteiger partial charge in [-0.25, -0.2) is 9.59 Å². The molecule has 2 aromatic rings. The number of ketones is 1. The zero-order valence-electron chi connectivity index (χ0n) is 30.2. The molecule has 1 aromatic carbocycles. The number of epoxide rings is 1. The molecule has 6 rings (SSSR count). The summed E-state index contributed by atoms with van der Waals surface area (Å²) < 4.78 is 36.3. The largest absolute Gasteiger partial charge is 0.461 e. The maximum absolute atomic E-state index is 14.8. The van der Waals surface area contributed by atoms with Gasteiger partial charge in [-0.3, -0.25) is 24.2 Å². The summed E-state index contributed by atoms with van der Waals surface area (Å²) in [6.45, 7) is 10.4. The lowest BCUT2D eigenvalue weighted by Gasteiger charge is -2.30. The van der Waals surface area contributed by atoms with Crippen LogP contribution in [0.25, 0.3) is 0 Å². The molecule has 4 aliphatic rings. The van der Waals surface area contributed by atoms with Crippen LogP contribution in [0.4, 0.5) is 0 Å². The molecular formula is C39H43NO12. The summed E-state index contributed by atoms with van der Waals surface area (Å²) in [4.78, 5) is 83.8. The molecule has 276 valence electrons. The van der Waals surface area contributed by atoms with Crippen molar-refractivity contribution >= 4 is 35.6 Å². The number of benzene rings is 1. The van der Waals surface area contributed by atoms with Crippen LogP contribution < -0.4 is 0 Å². The predicted molar refractivity (Wildman–Crippen MR) is 180 cm³/mol. The Bertz CT molecular complexity index is 1810. The van der Waals surface area contributed by atoms with Crippen molar-refractivity contribution in [1.29, 1.82) is 0 Å². The first-order valence-corrected chi connectivity index (χ1v) is 17.3. The van der Waals surface area contributed by atoms with E-state index in [2.05, 4.69) is 4.98 Å². The van der Waals surface area contributed by atoms with Gasteiger partial charge in [0.15, 0.2) is 23.1 Å². The summed E-state index contributed by atoms with van der Waals surface area (Å²) in [5.74, 6) is -6.50. The minimum Gasteiger partial charge on any atom is -0.461 e. The minimum absolute atomic E-state index is 0.198. The number of carbonyl (C=O) groups excluding carboxylic acids is 6. The van der Waals surface area contributed by atoms with Crippen LogP contribution in [0, 0.1) is 29.1 Å². The summed E-state index contributed by atoms with van der Waals surface area (Å²) >= 11 is 0. The fourth-order valence-electron chi connectivity index (χ4n) is 8.77. The van der Waals surface area contributed by atoms with Crippen molar-refractivity contribution in [3.8, 4) is 0 Å². The standard InChI is InChI=1S/C39H43NO12/c1-20-16-39-34(50-25(6)43)21(2)17-38(39,52-39)33(44)22(3)31(49-24(5)42)28-29(37(28,7)19-47-35(45)27-14-11-15-40-18-27)32(30(20)48-23(4)41)51-36(46)26-12-9-8-10-13-26/h8-16,18,21-22,28-32,34H,17,19H2,1-7H3. The first kappa shape index (κ1) is 36.9. The third kappa shape index (κ3) is 6.29. The van der Waals surface area contributed by atoms with E-state index in [-0.39, 0.29) is 35.9 Å². The Morgan fingerprint density at radius 3 is 2.08 bits per heavy atom. The third-order valence-corrected chi connectivity index (χ3v) is 11.0. The molecule has 0 amide bonds. The maximum Gasteiger partial charge on any atom is 0.339 e. The molecule has 2 saturated carbocycles. The van der Waals surface area contributed by atoms with Crippen LogP contribution in [0.1, 0.15) is 75.6 Å². The average Bonchev–Trinajstić information content (AvgIpc) is 3.92. The lowest BCUT2D eigenvalue weighted by atomic mass is 9.80. The van der Waals surface area contributed by atoms with Crippen molar-refractivity contribution in [2.45, 2.75) is 90.5 Å². The molecule has 2 heterocycles. The highest BCUT2D eigenvalue weighted by atomic mass is 16.7. The highest BCUT2D eigenvalue weighted by molar-refractivity contribution is 5.96. The van der Waals surface area contributed by atoms with Gasteiger partial charge in [0.1, 0.15) is 18.3 Å². The fourth-order valence-corrected chi connectivity index (χ4v) is 8.77. The van der Waals surface area contributed by atoms with E-state index < -0.39 is 88.6 Å². The average molecular weight is 718 g/mol. The SMILES string of the molecule is CC(=O)OC1C(C)=CC23OC2(CC(C)C3OC(C)=O)C(=O)C(C)C(OC(C)=O)C2C(C1OC(=O)c1ccccc1)C2(C)COC(=O)c1cccnc1. The Balaban J connectivity index is 1.52. The highest BCUT2D eigenvalue weighted by Gasteiger charge is 2.84. The molecule has 52 heavy (non-hydrogen) atoms.